The molecule has 3 aliphatic heterocycles. The first-order valence-electron chi connectivity index (χ1n) is 6.76. The minimum absolute atomic E-state index is 0.0541. The Morgan fingerprint density at radius 1 is 1.28 bits per heavy atom. The highest BCUT2D eigenvalue weighted by molar-refractivity contribution is 7.99. The third-order valence-electron chi connectivity index (χ3n) is 4.05. The zero-order valence-corrected chi connectivity index (χ0v) is 11.5. The Morgan fingerprint density at radius 2 is 2.11 bits per heavy atom. The molecule has 0 unspecified atom stereocenters. The van der Waals surface area contributed by atoms with Gasteiger partial charge in [-0.25, -0.2) is 0 Å². The summed E-state index contributed by atoms with van der Waals surface area (Å²) in [7, 11) is 0. The van der Waals surface area contributed by atoms with Gasteiger partial charge in [-0.05, 0) is 6.42 Å². The van der Waals surface area contributed by atoms with Crippen molar-refractivity contribution in [2.45, 2.75) is 18.5 Å². The molecule has 3 rings (SSSR count). The van der Waals surface area contributed by atoms with E-state index in [1.807, 2.05) is 16.7 Å². The zero-order valence-electron chi connectivity index (χ0n) is 10.6. The van der Waals surface area contributed by atoms with Gasteiger partial charge in [-0.3, -0.25) is 15.0 Å². The summed E-state index contributed by atoms with van der Waals surface area (Å²) >= 11 is 1.81. The van der Waals surface area contributed by atoms with Gasteiger partial charge >= 0.3 is 0 Å². The van der Waals surface area contributed by atoms with E-state index >= 15 is 0 Å². The summed E-state index contributed by atoms with van der Waals surface area (Å²) in [6.07, 6.45) is 1.12. The van der Waals surface area contributed by atoms with E-state index in [0.29, 0.717) is 11.9 Å². The average Bonchev–Trinajstić information content (AvgIpc) is 3.10. The third-order valence-corrected chi connectivity index (χ3v) is 4.99. The van der Waals surface area contributed by atoms with Crippen molar-refractivity contribution in [3.63, 3.8) is 0 Å². The van der Waals surface area contributed by atoms with Crippen molar-refractivity contribution in [3.8, 4) is 0 Å². The van der Waals surface area contributed by atoms with Gasteiger partial charge in [0.1, 0.15) is 0 Å². The molecule has 6 heteroatoms. The van der Waals surface area contributed by atoms with Gasteiger partial charge in [0.2, 0.25) is 5.91 Å². The van der Waals surface area contributed by atoms with Gasteiger partial charge in [0.25, 0.3) is 0 Å². The van der Waals surface area contributed by atoms with E-state index in [1.165, 1.54) is 0 Å². The predicted octanol–water partition coefficient (Wildman–Crippen LogP) is -0.418. The summed E-state index contributed by atoms with van der Waals surface area (Å²) in [5.74, 6) is 2.14. The zero-order chi connectivity index (χ0) is 12.4. The van der Waals surface area contributed by atoms with E-state index in [1.54, 1.807) is 0 Å². The Bertz CT molecular complexity index is 304. The smallest absolute Gasteiger partial charge is 0.240 e. The molecule has 0 radical (unpaired) electrons. The van der Waals surface area contributed by atoms with E-state index in [-0.39, 0.29) is 6.04 Å². The van der Waals surface area contributed by atoms with Gasteiger partial charge in [0.15, 0.2) is 0 Å². The van der Waals surface area contributed by atoms with E-state index in [4.69, 9.17) is 4.74 Å². The Balaban J connectivity index is 1.52. The molecule has 0 aliphatic carbocycles. The van der Waals surface area contributed by atoms with Gasteiger partial charge in [-0.15, -0.1) is 11.8 Å². The number of rotatable bonds is 2. The molecule has 0 aromatic rings. The van der Waals surface area contributed by atoms with E-state index < -0.39 is 0 Å². The maximum atomic E-state index is 12.3. The Hall–Kier alpha value is -0.300. The van der Waals surface area contributed by atoms with Crippen molar-refractivity contribution < 1.29 is 9.53 Å². The standard InChI is InChI=1S/C12H21N3O2S/c16-12(11-8-18-9-13-11)15-2-1-10(7-15)14-3-5-17-6-4-14/h10-11,13H,1-9H2/t10-,11+/m1/s1. The SMILES string of the molecule is O=C([C@@H]1CSCN1)N1CC[C@@H](N2CCOCC2)C1. The molecule has 2 atom stereocenters. The molecule has 18 heavy (non-hydrogen) atoms. The summed E-state index contributed by atoms with van der Waals surface area (Å²) in [5.41, 5.74) is 0. The number of nitrogens with zero attached hydrogens (tertiary/aromatic N) is 2. The van der Waals surface area contributed by atoms with Crippen LogP contribution in [0.15, 0.2) is 0 Å². The molecule has 102 valence electrons. The molecule has 0 aromatic carbocycles. The summed E-state index contributed by atoms with van der Waals surface area (Å²) in [4.78, 5) is 16.8. The number of carbonyl (C=O) groups excluding carboxylic acids is 1. The van der Waals surface area contributed by atoms with Crippen LogP contribution >= 0.6 is 11.8 Å². The van der Waals surface area contributed by atoms with Crippen molar-refractivity contribution in [1.82, 2.24) is 15.1 Å². The van der Waals surface area contributed by atoms with Crippen LogP contribution in [0.2, 0.25) is 0 Å². The van der Waals surface area contributed by atoms with E-state index in [0.717, 1.165) is 57.4 Å². The molecule has 3 fully saturated rings. The number of hydrogen-bond acceptors (Lipinski definition) is 5. The lowest BCUT2D eigenvalue weighted by molar-refractivity contribution is -0.131. The normalized spacial score (nSPS) is 34.1. The van der Waals surface area contributed by atoms with Crippen molar-refractivity contribution >= 4 is 17.7 Å². The number of likely N-dealkylation sites (tertiary alicyclic amines) is 1. The highest BCUT2D eigenvalue weighted by Gasteiger charge is 2.34. The molecule has 3 heterocycles. The van der Waals surface area contributed by atoms with Crippen LogP contribution < -0.4 is 5.32 Å². The second kappa shape index (κ2) is 5.77. The number of nitrogens with one attached hydrogen (secondary N) is 1. The van der Waals surface area contributed by atoms with Crippen LogP contribution in [0, 0.1) is 0 Å². The molecule has 3 saturated heterocycles. The molecule has 5 nitrogen and oxygen atoms in total. The Kier molecular flexibility index (Phi) is 4.08. The fourth-order valence-corrected chi connectivity index (χ4v) is 3.89. The number of carbonyl (C=O) groups is 1. The largest absolute Gasteiger partial charge is 0.379 e. The lowest BCUT2D eigenvalue weighted by Crippen LogP contribution is -2.47. The first-order chi connectivity index (χ1) is 8.84. The van der Waals surface area contributed by atoms with E-state index in [9.17, 15) is 4.79 Å². The maximum absolute atomic E-state index is 12.3. The van der Waals surface area contributed by atoms with Crippen LogP contribution in [-0.4, -0.2) is 78.8 Å². The van der Waals surface area contributed by atoms with Gasteiger partial charge in [-0.2, -0.15) is 0 Å². The third kappa shape index (κ3) is 2.66. The maximum Gasteiger partial charge on any atom is 0.240 e. The molecule has 1 amide bonds. The van der Waals surface area contributed by atoms with E-state index in [2.05, 4.69) is 10.2 Å². The molecular weight excluding hydrogens is 250 g/mol. The fraction of sp³-hybridized carbons (Fsp3) is 0.917. The minimum atomic E-state index is 0.0541. The number of morpholine rings is 1. The first-order valence-corrected chi connectivity index (χ1v) is 7.92. The summed E-state index contributed by atoms with van der Waals surface area (Å²) in [6.45, 7) is 5.54. The molecule has 0 bridgehead atoms. The quantitative estimate of drug-likeness (QED) is 0.739. The monoisotopic (exact) mass is 271 g/mol. The second-order valence-electron chi connectivity index (χ2n) is 5.15. The lowest BCUT2D eigenvalue weighted by Gasteiger charge is -2.32. The van der Waals surface area contributed by atoms with Gasteiger partial charge in [0.05, 0.1) is 19.3 Å². The van der Waals surface area contributed by atoms with Crippen LogP contribution in [0.25, 0.3) is 0 Å². The number of ether oxygens (including phenoxy) is 1. The second-order valence-corrected chi connectivity index (χ2v) is 6.18. The van der Waals surface area contributed by atoms with Gasteiger partial charge in [0, 0.05) is 43.9 Å². The lowest BCUT2D eigenvalue weighted by atomic mass is 10.2. The van der Waals surface area contributed by atoms with Gasteiger partial charge < -0.3 is 9.64 Å². The van der Waals surface area contributed by atoms with Crippen LogP contribution in [0.1, 0.15) is 6.42 Å². The van der Waals surface area contributed by atoms with Crippen molar-refractivity contribution in [2.75, 3.05) is 51.0 Å². The van der Waals surface area contributed by atoms with Crippen molar-refractivity contribution in [2.24, 2.45) is 0 Å². The van der Waals surface area contributed by atoms with Gasteiger partial charge in [-0.1, -0.05) is 0 Å². The Labute approximate surface area is 112 Å². The van der Waals surface area contributed by atoms with Crippen LogP contribution in [-0.2, 0) is 9.53 Å². The average molecular weight is 271 g/mol. The topological polar surface area (TPSA) is 44.8 Å². The van der Waals surface area contributed by atoms with Crippen LogP contribution in [0.4, 0.5) is 0 Å². The summed E-state index contributed by atoms with van der Waals surface area (Å²) in [6, 6.07) is 0.602. The molecular formula is C12H21N3O2S. The Morgan fingerprint density at radius 3 is 2.83 bits per heavy atom. The minimum Gasteiger partial charge on any atom is -0.379 e. The summed E-state index contributed by atoms with van der Waals surface area (Å²) < 4.78 is 5.38. The van der Waals surface area contributed by atoms with Crippen molar-refractivity contribution in [1.29, 1.82) is 0 Å². The molecule has 0 saturated carbocycles. The number of hydrogen-bond donors (Lipinski definition) is 1. The fourth-order valence-electron chi connectivity index (χ4n) is 2.96. The van der Waals surface area contributed by atoms with Crippen LogP contribution in [0.5, 0.6) is 0 Å². The number of amides is 1. The molecule has 0 spiro atoms. The number of thioether (sulfide) groups is 1. The molecule has 1 N–H and O–H groups in total. The molecule has 3 aliphatic rings. The van der Waals surface area contributed by atoms with Crippen molar-refractivity contribution in [3.05, 3.63) is 0 Å². The highest BCUT2D eigenvalue weighted by Crippen LogP contribution is 2.20. The van der Waals surface area contributed by atoms with Crippen LogP contribution in [0.3, 0.4) is 0 Å². The first kappa shape index (κ1) is 12.7. The highest BCUT2D eigenvalue weighted by atomic mass is 32.2. The predicted molar refractivity (Wildman–Crippen MR) is 71.6 cm³/mol. The summed E-state index contributed by atoms with van der Waals surface area (Å²) in [5, 5.41) is 3.27. The molecule has 0 aromatic heterocycles.